The van der Waals surface area contributed by atoms with Gasteiger partial charge in [-0.2, -0.15) is 0 Å². The van der Waals surface area contributed by atoms with Crippen LogP contribution in [0, 0.1) is 13.8 Å². The molecule has 0 bridgehead atoms. The van der Waals surface area contributed by atoms with Crippen LogP contribution in [0.25, 0.3) is 5.69 Å². The van der Waals surface area contributed by atoms with Gasteiger partial charge in [-0.3, -0.25) is 9.36 Å². The van der Waals surface area contributed by atoms with Crippen molar-refractivity contribution in [2.24, 2.45) is 0 Å². The van der Waals surface area contributed by atoms with E-state index in [9.17, 15) is 9.59 Å². The molecule has 21 heavy (non-hydrogen) atoms. The van der Waals surface area contributed by atoms with Gasteiger partial charge in [0.1, 0.15) is 11.4 Å². The summed E-state index contributed by atoms with van der Waals surface area (Å²) >= 11 is 0. The largest absolute Gasteiger partial charge is 0.496 e. The number of methoxy groups -OCH3 is 2. The van der Waals surface area contributed by atoms with Crippen LogP contribution in [0.15, 0.2) is 29.2 Å². The lowest BCUT2D eigenvalue weighted by atomic mass is 10.2. The topological polar surface area (TPSA) is 70.4 Å². The summed E-state index contributed by atoms with van der Waals surface area (Å²) in [6.45, 7) is 3.61. The molecule has 0 unspecified atom stereocenters. The monoisotopic (exact) mass is 288 g/mol. The second-order valence-electron chi connectivity index (χ2n) is 4.56. The molecule has 0 saturated heterocycles. The Morgan fingerprint density at radius 3 is 2.48 bits per heavy atom. The highest BCUT2D eigenvalue weighted by molar-refractivity contribution is 5.87. The third-order valence-electron chi connectivity index (χ3n) is 3.14. The molecule has 0 atom stereocenters. The van der Waals surface area contributed by atoms with Gasteiger partial charge in [0.05, 0.1) is 19.9 Å². The van der Waals surface area contributed by atoms with Gasteiger partial charge in [0.15, 0.2) is 0 Å². The van der Waals surface area contributed by atoms with Gasteiger partial charge in [-0.1, -0.05) is 0 Å². The number of aromatic nitrogens is 2. The zero-order valence-corrected chi connectivity index (χ0v) is 12.3. The van der Waals surface area contributed by atoms with Gasteiger partial charge in [-0.25, -0.2) is 9.78 Å². The van der Waals surface area contributed by atoms with Crippen molar-refractivity contribution in [2.75, 3.05) is 14.2 Å². The van der Waals surface area contributed by atoms with Crippen molar-refractivity contribution in [3.8, 4) is 11.4 Å². The molecular weight excluding hydrogens is 272 g/mol. The molecule has 0 amide bonds. The fourth-order valence-electron chi connectivity index (χ4n) is 2.07. The summed E-state index contributed by atoms with van der Waals surface area (Å²) in [7, 11) is 2.79. The predicted molar refractivity (Wildman–Crippen MR) is 77.2 cm³/mol. The molecule has 2 aromatic heterocycles. The Kier molecular flexibility index (Phi) is 4.07. The van der Waals surface area contributed by atoms with Crippen LogP contribution >= 0.6 is 0 Å². The molecule has 110 valence electrons. The van der Waals surface area contributed by atoms with E-state index < -0.39 is 5.97 Å². The molecule has 0 saturated carbocycles. The van der Waals surface area contributed by atoms with Gasteiger partial charge >= 0.3 is 5.97 Å². The molecule has 6 nitrogen and oxygen atoms in total. The fraction of sp³-hybridized carbons (Fsp3) is 0.267. The summed E-state index contributed by atoms with van der Waals surface area (Å²) in [5.74, 6) is -0.0517. The van der Waals surface area contributed by atoms with Crippen LogP contribution in [0.1, 0.15) is 21.7 Å². The SMILES string of the molecule is COC(=O)c1cc(-n2c(C)cc(OC)cc2=O)c(C)cn1. The van der Waals surface area contributed by atoms with Gasteiger partial charge < -0.3 is 9.47 Å². The van der Waals surface area contributed by atoms with E-state index in [4.69, 9.17) is 4.74 Å². The van der Waals surface area contributed by atoms with Crippen molar-refractivity contribution in [2.45, 2.75) is 13.8 Å². The lowest BCUT2D eigenvalue weighted by molar-refractivity contribution is 0.0594. The maximum absolute atomic E-state index is 12.3. The first-order chi connectivity index (χ1) is 9.97. The lowest BCUT2D eigenvalue weighted by Gasteiger charge is -2.14. The van der Waals surface area contributed by atoms with Crippen LogP contribution < -0.4 is 10.3 Å². The molecule has 2 rings (SSSR count). The van der Waals surface area contributed by atoms with Gasteiger partial charge in [0.2, 0.25) is 0 Å². The Labute approximate surface area is 122 Å². The molecular formula is C15H16N2O4. The number of pyridine rings is 2. The van der Waals surface area contributed by atoms with Gasteiger partial charge in [-0.15, -0.1) is 0 Å². The van der Waals surface area contributed by atoms with Crippen LogP contribution in [0.5, 0.6) is 5.75 Å². The zero-order chi connectivity index (χ0) is 15.6. The van der Waals surface area contributed by atoms with Gasteiger partial charge in [-0.05, 0) is 31.5 Å². The number of aryl methyl sites for hydroxylation is 2. The van der Waals surface area contributed by atoms with Crippen molar-refractivity contribution < 1.29 is 14.3 Å². The number of nitrogens with zero attached hydrogens (tertiary/aromatic N) is 2. The van der Waals surface area contributed by atoms with Crippen LogP contribution in [0.4, 0.5) is 0 Å². The van der Waals surface area contributed by atoms with Crippen molar-refractivity contribution in [1.82, 2.24) is 9.55 Å². The number of hydrogen-bond donors (Lipinski definition) is 0. The van der Waals surface area contributed by atoms with Gasteiger partial charge in [0, 0.05) is 18.0 Å². The van der Waals surface area contributed by atoms with Crippen LogP contribution in [0.2, 0.25) is 0 Å². The summed E-state index contributed by atoms with van der Waals surface area (Å²) < 4.78 is 11.2. The van der Waals surface area contributed by atoms with Crippen molar-refractivity contribution in [1.29, 1.82) is 0 Å². The molecule has 0 aliphatic heterocycles. The Morgan fingerprint density at radius 2 is 1.90 bits per heavy atom. The minimum Gasteiger partial charge on any atom is -0.496 e. The summed E-state index contributed by atoms with van der Waals surface area (Å²) in [5.41, 5.74) is 1.98. The van der Waals surface area contributed by atoms with E-state index in [-0.39, 0.29) is 11.3 Å². The Balaban J connectivity index is 2.67. The summed E-state index contributed by atoms with van der Waals surface area (Å²) in [5, 5.41) is 0. The van der Waals surface area contributed by atoms with E-state index in [1.807, 2.05) is 6.92 Å². The highest BCUT2D eigenvalue weighted by Gasteiger charge is 2.13. The molecule has 0 aromatic carbocycles. The lowest BCUT2D eigenvalue weighted by Crippen LogP contribution is -2.21. The Morgan fingerprint density at radius 1 is 1.19 bits per heavy atom. The first-order valence-electron chi connectivity index (χ1n) is 6.31. The molecule has 6 heteroatoms. The molecule has 0 aliphatic carbocycles. The minimum absolute atomic E-state index is 0.153. The van der Waals surface area contributed by atoms with Crippen LogP contribution in [0.3, 0.4) is 0 Å². The fourth-order valence-corrected chi connectivity index (χ4v) is 2.07. The van der Waals surface area contributed by atoms with E-state index >= 15 is 0 Å². The molecule has 0 N–H and O–H groups in total. The molecule has 0 spiro atoms. The van der Waals surface area contributed by atoms with Crippen LogP contribution in [-0.4, -0.2) is 29.7 Å². The van der Waals surface area contributed by atoms with E-state index in [2.05, 4.69) is 9.72 Å². The number of carbonyl (C=O) groups excluding carboxylic acids is 1. The number of ether oxygens (including phenoxy) is 2. The number of rotatable bonds is 3. The maximum atomic E-state index is 12.3. The Hall–Kier alpha value is -2.63. The quantitative estimate of drug-likeness (QED) is 0.803. The Bertz CT molecular complexity index is 750. The van der Waals surface area contributed by atoms with Crippen molar-refractivity contribution in [3.05, 3.63) is 51.7 Å². The third-order valence-corrected chi connectivity index (χ3v) is 3.14. The molecule has 2 aromatic rings. The zero-order valence-electron chi connectivity index (χ0n) is 12.3. The summed E-state index contributed by atoms with van der Waals surface area (Å²) in [4.78, 5) is 27.9. The van der Waals surface area contributed by atoms with E-state index in [1.165, 1.54) is 31.0 Å². The first-order valence-corrected chi connectivity index (χ1v) is 6.31. The summed E-state index contributed by atoms with van der Waals surface area (Å²) in [6, 6.07) is 4.69. The van der Waals surface area contributed by atoms with E-state index in [0.29, 0.717) is 17.1 Å². The molecule has 0 fully saturated rings. The predicted octanol–water partition coefficient (Wildman–Crippen LogP) is 1.64. The summed E-state index contributed by atoms with van der Waals surface area (Å²) in [6.07, 6.45) is 1.54. The molecule has 0 aliphatic rings. The second kappa shape index (κ2) is 5.78. The first kappa shape index (κ1) is 14.8. The molecule has 0 radical (unpaired) electrons. The highest BCUT2D eigenvalue weighted by Crippen LogP contribution is 2.17. The second-order valence-corrected chi connectivity index (χ2v) is 4.56. The third kappa shape index (κ3) is 2.79. The van der Waals surface area contributed by atoms with Gasteiger partial charge in [0.25, 0.3) is 5.56 Å². The average Bonchev–Trinajstić information content (AvgIpc) is 2.47. The highest BCUT2D eigenvalue weighted by atomic mass is 16.5. The smallest absolute Gasteiger partial charge is 0.356 e. The molecule has 2 heterocycles. The standard InChI is InChI=1S/C15H16N2O4/c1-9-8-16-12(15(19)21-4)7-13(9)17-10(2)5-11(20-3)6-14(17)18/h5-8H,1-4H3. The normalized spacial score (nSPS) is 10.3. The number of carbonyl (C=O) groups is 1. The van der Waals surface area contributed by atoms with E-state index in [0.717, 1.165) is 5.56 Å². The van der Waals surface area contributed by atoms with Crippen molar-refractivity contribution in [3.63, 3.8) is 0 Å². The number of esters is 1. The van der Waals surface area contributed by atoms with E-state index in [1.54, 1.807) is 19.1 Å². The average molecular weight is 288 g/mol. The van der Waals surface area contributed by atoms with Crippen molar-refractivity contribution >= 4 is 5.97 Å². The maximum Gasteiger partial charge on any atom is 0.356 e. The van der Waals surface area contributed by atoms with Crippen LogP contribution in [-0.2, 0) is 4.74 Å². The number of hydrogen-bond acceptors (Lipinski definition) is 5. The minimum atomic E-state index is -0.546.